The molecule has 4 aromatic carbocycles. The quantitative estimate of drug-likeness (QED) is 0.158. The lowest BCUT2D eigenvalue weighted by Gasteiger charge is -2.25. The molecule has 0 radical (unpaired) electrons. The van der Waals surface area contributed by atoms with Crippen LogP contribution in [0.4, 0.5) is 0 Å². The minimum atomic E-state index is -0.385. The molecule has 5 rings (SSSR count). The normalized spacial score (nSPS) is 12.2. The summed E-state index contributed by atoms with van der Waals surface area (Å²) in [5.41, 5.74) is 1.23. The van der Waals surface area contributed by atoms with Crippen LogP contribution in [0.1, 0.15) is 92.1 Å². The number of hydrogen-bond donors (Lipinski definition) is 0. The van der Waals surface area contributed by atoms with E-state index in [9.17, 15) is 19.2 Å². The zero-order valence-corrected chi connectivity index (χ0v) is 24.0. The zero-order valence-electron chi connectivity index (χ0n) is 22.4. The molecule has 0 unspecified atom stereocenters. The predicted molar refractivity (Wildman–Crippen MR) is 159 cm³/mol. The van der Waals surface area contributed by atoms with Crippen molar-refractivity contribution in [1.29, 1.82) is 0 Å². The fraction of sp³-hybridized carbons (Fsp3) is 0.176. The first-order valence-corrected chi connectivity index (χ1v) is 15.0. The minimum Gasteiger partial charge on any atom is -0.294 e. The van der Waals surface area contributed by atoms with E-state index in [1.165, 1.54) is 23.5 Å². The van der Waals surface area contributed by atoms with Gasteiger partial charge in [-0.25, -0.2) is 0 Å². The molecule has 0 spiro atoms. The van der Waals surface area contributed by atoms with Crippen molar-refractivity contribution < 1.29 is 19.2 Å². The highest BCUT2D eigenvalue weighted by molar-refractivity contribution is 7.99. The Kier molecular flexibility index (Phi) is 8.48. The number of benzene rings is 4. The molecule has 0 heterocycles. The maximum absolute atomic E-state index is 14.5. The standard InChI is InChI=1S/C34H28O4S2/c1-3-11-25(35)23-17-19-27(39-21-13-7-5-8-14-21)31-29(23)33(37)32-28(40-22-15-9-6-10-16-22)20-18-24(26(36)12-4-2)30(32)34(31)38/h5-10,13-20H,3-4,11-12H2,1-2H3. The monoisotopic (exact) mass is 564 g/mol. The van der Waals surface area contributed by atoms with Crippen LogP contribution in [0.5, 0.6) is 0 Å². The molecule has 0 aliphatic heterocycles. The van der Waals surface area contributed by atoms with E-state index >= 15 is 0 Å². The maximum Gasteiger partial charge on any atom is 0.196 e. The molecule has 40 heavy (non-hydrogen) atoms. The summed E-state index contributed by atoms with van der Waals surface area (Å²) in [4.78, 5) is 58.5. The van der Waals surface area contributed by atoms with E-state index in [-0.39, 0.29) is 69.4 Å². The number of Topliss-reactive ketones (excluding diaryl/α,β-unsaturated/α-hetero) is 2. The molecule has 4 nitrogen and oxygen atoms in total. The van der Waals surface area contributed by atoms with E-state index < -0.39 is 0 Å². The van der Waals surface area contributed by atoms with Crippen LogP contribution in [0.2, 0.25) is 0 Å². The molecule has 0 atom stereocenters. The van der Waals surface area contributed by atoms with Gasteiger partial charge in [0.1, 0.15) is 0 Å². The van der Waals surface area contributed by atoms with E-state index in [0.717, 1.165) is 9.79 Å². The molecule has 4 aromatic rings. The van der Waals surface area contributed by atoms with Gasteiger partial charge in [0, 0.05) is 65.8 Å². The first-order valence-electron chi connectivity index (χ1n) is 13.4. The Labute approximate surface area is 242 Å². The molecular formula is C34H28O4S2. The largest absolute Gasteiger partial charge is 0.294 e. The summed E-state index contributed by atoms with van der Waals surface area (Å²) in [7, 11) is 0. The van der Waals surface area contributed by atoms with Crippen molar-refractivity contribution in [3.63, 3.8) is 0 Å². The van der Waals surface area contributed by atoms with Gasteiger partial charge in [-0.3, -0.25) is 19.2 Å². The Morgan fingerprint density at radius 1 is 0.525 bits per heavy atom. The number of ketones is 4. The van der Waals surface area contributed by atoms with Crippen LogP contribution in [-0.2, 0) is 0 Å². The highest BCUT2D eigenvalue weighted by Gasteiger charge is 2.39. The Morgan fingerprint density at radius 3 is 1.25 bits per heavy atom. The van der Waals surface area contributed by atoms with E-state index in [4.69, 9.17) is 0 Å². The molecule has 0 fully saturated rings. The van der Waals surface area contributed by atoms with Gasteiger partial charge in [0.25, 0.3) is 0 Å². The molecular weight excluding hydrogens is 537 g/mol. The van der Waals surface area contributed by atoms with Gasteiger partial charge in [-0.2, -0.15) is 0 Å². The summed E-state index contributed by atoms with van der Waals surface area (Å²) in [5, 5.41) is 0. The Hall–Kier alpha value is -3.74. The van der Waals surface area contributed by atoms with Crippen LogP contribution in [0.25, 0.3) is 0 Å². The molecule has 0 bridgehead atoms. The molecule has 0 saturated carbocycles. The van der Waals surface area contributed by atoms with Crippen molar-refractivity contribution in [2.75, 3.05) is 0 Å². The lowest BCUT2D eigenvalue weighted by molar-refractivity contribution is 0.0941. The smallest absolute Gasteiger partial charge is 0.196 e. The minimum absolute atomic E-state index is 0.145. The molecule has 1 aliphatic carbocycles. The van der Waals surface area contributed by atoms with E-state index in [1.807, 2.05) is 74.5 Å². The highest BCUT2D eigenvalue weighted by atomic mass is 32.2. The van der Waals surface area contributed by atoms with Crippen molar-refractivity contribution in [1.82, 2.24) is 0 Å². The van der Waals surface area contributed by atoms with E-state index in [2.05, 4.69) is 0 Å². The Morgan fingerprint density at radius 2 is 0.900 bits per heavy atom. The summed E-state index contributed by atoms with van der Waals surface area (Å²) in [5.74, 6) is -1.11. The Bertz CT molecular complexity index is 1500. The SMILES string of the molecule is CCCC(=O)c1ccc(Sc2ccccc2)c2c1C(=O)c1c(Sc3ccccc3)ccc(C(=O)CCC)c1C2=O. The van der Waals surface area contributed by atoms with Crippen LogP contribution >= 0.6 is 23.5 Å². The topological polar surface area (TPSA) is 68.3 Å². The van der Waals surface area contributed by atoms with Crippen molar-refractivity contribution >= 4 is 46.7 Å². The molecule has 0 aromatic heterocycles. The van der Waals surface area contributed by atoms with Gasteiger partial charge in [0.05, 0.1) is 0 Å². The first kappa shape index (κ1) is 27.8. The third-order valence-electron chi connectivity index (χ3n) is 6.74. The van der Waals surface area contributed by atoms with Crippen LogP contribution < -0.4 is 0 Å². The summed E-state index contributed by atoms with van der Waals surface area (Å²) >= 11 is 2.75. The molecule has 0 amide bonds. The molecule has 1 aliphatic rings. The van der Waals surface area contributed by atoms with Gasteiger partial charge >= 0.3 is 0 Å². The average molecular weight is 565 g/mol. The maximum atomic E-state index is 14.5. The van der Waals surface area contributed by atoms with Gasteiger partial charge in [0.2, 0.25) is 0 Å². The zero-order chi connectivity index (χ0) is 28.2. The second kappa shape index (κ2) is 12.2. The number of fused-ring (bicyclic) bond motifs is 2. The number of hydrogen-bond acceptors (Lipinski definition) is 6. The second-order valence-electron chi connectivity index (χ2n) is 9.56. The van der Waals surface area contributed by atoms with E-state index in [1.54, 1.807) is 24.3 Å². The highest BCUT2D eigenvalue weighted by Crippen LogP contribution is 2.43. The van der Waals surface area contributed by atoms with Crippen LogP contribution in [0.3, 0.4) is 0 Å². The van der Waals surface area contributed by atoms with Gasteiger partial charge in [-0.05, 0) is 61.4 Å². The third kappa shape index (κ3) is 5.34. The van der Waals surface area contributed by atoms with Crippen LogP contribution in [0.15, 0.2) is 105 Å². The van der Waals surface area contributed by atoms with Gasteiger partial charge in [-0.15, -0.1) is 0 Å². The van der Waals surface area contributed by atoms with Crippen LogP contribution in [-0.4, -0.2) is 23.1 Å². The van der Waals surface area contributed by atoms with Crippen molar-refractivity contribution in [2.24, 2.45) is 0 Å². The fourth-order valence-electron chi connectivity index (χ4n) is 4.93. The summed E-state index contributed by atoms with van der Waals surface area (Å²) in [6, 6.07) is 26.0. The van der Waals surface area contributed by atoms with E-state index in [0.29, 0.717) is 22.6 Å². The van der Waals surface area contributed by atoms with Gasteiger partial charge in [-0.1, -0.05) is 73.8 Å². The van der Waals surface area contributed by atoms with Gasteiger partial charge < -0.3 is 0 Å². The summed E-state index contributed by atoms with van der Waals surface area (Å²) in [6.07, 6.45) is 1.79. The van der Waals surface area contributed by atoms with Crippen LogP contribution in [0, 0.1) is 0 Å². The van der Waals surface area contributed by atoms with Crippen molar-refractivity contribution in [3.8, 4) is 0 Å². The second-order valence-corrected chi connectivity index (χ2v) is 11.8. The predicted octanol–water partition coefficient (Wildman–Crippen LogP) is 8.73. The summed E-state index contributed by atoms with van der Waals surface area (Å²) < 4.78 is 0. The van der Waals surface area contributed by atoms with Crippen molar-refractivity contribution in [3.05, 3.63) is 118 Å². The third-order valence-corrected chi connectivity index (χ3v) is 8.88. The van der Waals surface area contributed by atoms with Gasteiger partial charge in [0.15, 0.2) is 23.1 Å². The molecule has 0 saturated heterocycles. The lowest BCUT2D eigenvalue weighted by Crippen LogP contribution is -2.28. The lowest BCUT2D eigenvalue weighted by atomic mass is 9.78. The number of carbonyl (C=O) groups excluding carboxylic acids is 4. The summed E-state index contributed by atoms with van der Waals surface area (Å²) in [6.45, 7) is 3.82. The Balaban J connectivity index is 1.77. The molecule has 200 valence electrons. The van der Waals surface area contributed by atoms with Crippen molar-refractivity contribution in [2.45, 2.75) is 59.1 Å². The molecule has 0 N–H and O–H groups in total. The number of rotatable bonds is 10. The average Bonchev–Trinajstić information content (AvgIpc) is 2.96. The number of carbonyl (C=O) groups is 4. The molecule has 6 heteroatoms. The fourth-order valence-corrected chi connectivity index (χ4v) is 6.89. The first-order chi connectivity index (χ1) is 19.4.